The van der Waals surface area contributed by atoms with E-state index in [1.165, 1.54) is 0 Å². The summed E-state index contributed by atoms with van der Waals surface area (Å²) in [6.07, 6.45) is 1.22. The second-order valence-electron chi connectivity index (χ2n) is 3.90. The van der Waals surface area contributed by atoms with Gasteiger partial charge in [-0.2, -0.15) is 0 Å². The zero-order valence-corrected chi connectivity index (χ0v) is 8.27. The quantitative estimate of drug-likeness (QED) is 0.389. The number of carbonyl (C=O) groups excluding carboxylic acids is 1. The fourth-order valence-corrected chi connectivity index (χ4v) is 2.51. The fraction of sp³-hybridized carbons (Fsp3) is 0.889. The maximum absolute atomic E-state index is 11.5. The van der Waals surface area contributed by atoms with Crippen LogP contribution in [0.5, 0.6) is 0 Å². The van der Waals surface area contributed by atoms with Crippen molar-refractivity contribution in [3.05, 3.63) is 0 Å². The van der Waals surface area contributed by atoms with E-state index >= 15 is 0 Å². The molecule has 0 saturated carbocycles. The predicted molar refractivity (Wildman–Crippen MR) is 47.1 cm³/mol. The Morgan fingerprint density at radius 3 is 2.86 bits per heavy atom. The number of esters is 1. The molecule has 78 valence electrons. The SMILES string of the molecule is O=C(OCCCl)[C@@H]1C[C@H]2O[C@@H]1[C@H]1O[C@H]12. The summed E-state index contributed by atoms with van der Waals surface area (Å²) in [5, 5.41) is 0. The normalized spacial score (nSPS) is 47.6. The van der Waals surface area contributed by atoms with Crippen molar-refractivity contribution in [3.8, 4) is 0 Å². The van der Waals surface area contributed by atoms with E-state index in [0.717, 1.165) is 6.42 Å². The molecule has 3 aliphatic rings. The Morgan fingerprint density at radius 1 is 1.36 bits per heavy atom. The van der Waals surface area contributed by atoms with Gasteiger partial charge in [-0.1, -0.05) is 0 Å². The van der Waals surface area contributed by atoms with Crippen LogP contribution >= 0.6 is 11.6 Å². The Morgan fingerprint density at radius 2 is 2.21 bits per heavy atom. The van der Waals surface area contributed by atoms with Gasteiger partial charge in [0.1, 0.15) is 24.9 Å². The van der Waals surface area contributed by atoms with Crippen LogP contribution in [0.3, 0.4) is 0 Å². The number of epoxide rings is 1. The lowest BCUT2D eigenvalue weighted by molar-refractivity contribution is -0.150. The van der Waals surface area contributed by atoms with Gasteiger partial charge in [0.15, 0.2) is 0 Å². The minimum absolute atomic E-state index is 0.0622. The van der Waals surface area contributed by atoms with E-state index in [0.29, 0.717) is 5.88 Å². The summed E-state index contributed by atoms with van der Waals surface area (Å²) in [5.41, 5.74) is 0. The molecule has 0 aromatic heterocycles. The summed E-state index contributed by atoms with van der Waals surface area (Å²) in [4.78, 5) is 11.5. The Bertz CT molecular complexity index is 270. The van der Waals surface area contributed by atoms with Gasteiger partial charge in [-0.3, -0.25) is 4.79 Å². The van der Waals surface area contributed by atoms with E-state index in [9.17, 15) is 4.79 Å². The van der Waals surface area contributed by atoms with E-state index < -0.39 is 0 Å². The first-order chi connectivity index (χ1) is 6.81. The van der Waals surface area contributed by atoms with Crippen LogP contribution < -0.4 is 0 Å². The minimum Gasteiger partial charge on any atom is -0.464 e. The van der Waals surface area contributed by atoms with Gasteiger partial charge < -0.3 is 14.2 Å². The molecule has 0 aromatic rings. The number of ether oxygens (including phenoxy) is 3. The third-order valence-corrected chi connectivity index (χ3v) is 3.24. The van der Waals surface area contributed by atoms with Crippen LogP contribution in [0.1, 0.15) is 6.42 Å². The van der Waals surface area contributed by atoms with Gasteiger partial charge in [-0.05, 0) is 6.42 Å². The molecule has 0 spiro atoms. The molecule has 3 fully saturated rings. The highest BCUT2D eigenvalue weighted by Gasteiger charge is 2.66. The highest BCUT2D eigenvalue weighted by Crippen LogP contribution is 2.51. The fourth-order valence-electron chi connectivity index (χ4n) is 2.43. The number of fused-ring (bicyclic) bond motifs is 5. The van der Waals surface area contributed by atoms with Crippen molar-refractivity contribution in [2.75, 3.05) is 12.5 Å². The molecule has 0 N–H and O–H groups in total. The molecular weight excluding hydrogens is 208 g/mol. The molecule has 0 aromatic carbocycles. The molecule has 3 aliphatic heterocycles. The zero-order chi connectivity index (χ0) is 9.71. The predicted octanol–water partition coefficient (Wildman–Crippen LogP) is 0.323. The number of rotatable bonds is 3. The Hall–Kier alpha value is -0.320. The zero-order valence-electron chi connectivity index (χ0n) is 7.52. The van der Waals surface area contributed by atoms with Crippen molar-refractivity contribution >= 4 is 17.6 Å². The molecule has 0 amide bonds. The van der Waals surface area contributed by atoms with Gasteiger partial charge in [-0.25, -0.2) is 0 Å². The Balaban J connectivity index is 1.61. The maximum atomic E-state index is 11.5. The van der Waals surface area contributed by atoms with Gasteiger partial charge in [0.25, 0.3) is 0 Å². The molecule has 0 unspecified atom stereocenters. The number of hydrogen-bond acceptors (Lipinski definition) is 4. The van der Waals surface area contributed by atoms with Crippen molar-refractivity contribution in [1.82, 2.24) is 0 Å². The van der Waals surface area contributed by atoms with Crippen LogP contribution in [0.25, 0.3) is 0 Å². The van der Waals surface area contributed by atoms with Crippen LogP contribution in [0, 0.1) is 5.92 Å². The lowest BCUT2D eigenvalue weighted by Crippen LogP contribution is -2.32. The molecule has 5 atom stereocenters. The highest BCUT2D eigenvalue weighted by atomic mass is 35.5. The first-order valence-corrected chi connectivity index (χ1v) is 5.38. The number of alkyl halides is 1. The summed E-state index contributed by atoms with van der Waals surface area (Å²) in [5.74, 6) is 0.0229. The molecule has 5 heteroatoms. The van der Waals surface area contributed by atoms with Crippen LogP contribution in [-0.4, -0.2) is 42.9 Å². The minimum atomic E-state index is -0.188. The number of halogens is 1. The molecule has 0 aliphatic carbocycles. The van der Waals surface area contributed by atoms with Crippen LogP contribution in [0.4, 0.5) is 0 Å². The summed E-state index contributed by atoms with van der Waals surface area (Å²) in [6, 6.07) is 0. The van der Waals surface area contributed by atoms with Gasteiger partial charge in [0.2, 0.25) is 0 Å². The summed E-state index contributed by atoms with van der Waals surface area (Å²) < 4.78 is 15.9. The van der Waals surface area contributed by atoms with Crippen LogP contribution in [-0.2, 0) is 19.0 Å². The number of hydrogen-bond donors (Lipinski definition) is 0. The largest absolute Gasteiger partial charge is 0.464 e. The van der Waals surface area contributed by atoms with Crippen molar-refractivity contribution < 1.29 is 19.0 Å². The average Bonchev–Trinajstić information content (AvgIpc) is 2.81. The molecule has 3 rings (SSSR count). The maximum Gasteiger partial charge on any atom is 0.311 e. The van der Waals surface area contributed by atoms with Gasteiger partial charge in [0.05, 0.1) is 17.9 Å². The number of carbonyl (C=O) groups is 1. The molecule has 0 radical (unpaired) electrons. The molecule has 3 saturated heterocycles. The molecule has 2 bridgehead atoms. The Labute approximate surface area is 86.4 Å². The summed E-state index contributed by atoms with van der Waals surface area (Å²) >= 11 is 5.44. The molecule has 14 heavy (non-hydrogen) atoms. The summed E-state index contributed by atoms with van der Waals surface area (Å²) in [6.45, 7) is 0.281. The van der Waals surface area contributed by atoms with Gasteiger partial charge >= 0.3 is 5.97 Å². The first-order valence-electron chi connectivity index (χ1n) is 4.85. The average molecular weight is 219 g/mol. The topological polar surface area (TPSA) is 48.1 Å². The second kappa shape index (κ2) is 3.08. The van der Waals surface area contributed by atoms with E-state index in [1.807, 2.05) is 0 Å². The van der Waals surface area contributed by atoms with Crippen LogP contribution in [0.15, 0.2) is 0 Å². The lowest BCUT2D eigenvalue weighted by Gasteiger charge is -2.14. The van der Waals surface area contributed by atoms with Gasteiger partial charge in [0, 0.05) is 0 Å². The van der Waals surface area contributed by atoms with Crippen molar-refractivity contribution in [1.29, 1.82) is 0 Å². The molecule has 4 nitrogen and oxygen atoms in total. The third kappa shape index (κ3) is 1.17. The van der Waals surface area contributed by atoms with Crippen LogP contribution in [0.2, 0.25) is 0 Å². The van der Waals surface area contributed by atoms with E-state index in [-0.39, 0.29) is 42.9 Å². The molecule has 3 heterocycles. The van der Waals surface area contributed by atoms with E-state index in [1.54, 1.807) is 0 Å². The standard InChI is InChI=1S/C9H11ClO4/c10-1-2-12-9(11)4-3-5-7-8(14-7)6(4)13-5/h4-8H,1-3H2/t4-,5-,6+,7+,8-/m1/s1. The highest BCUT2D eigenvalue weighted by molar-refractivity contribution is 6.18. The third-order valence-electron chi connectivity index (χ3n) is 3.09. The second-order valence-corrected chi connectivity index (χ2v) is 4.28. The monoisotopic (exact) mass is 218 g/mol. The van der Waals surface area contributed by atoms with Crippen molar-refractivity contribution in [2.45, 2.75) is 30.8 Å². The van der Waals surface area contributed by atoms with E-state index in [4.69, 9.17) is 25.8 Å². The smallest absolute Gasteiger partial charge is 0.311 e. The summed E-state index contributed by atoms with van der Waals surface area (Å²) in [7, 11) is 0. The van der Waals surface area contributed by atoms with Crippen molar-refractivity contribution in [3.63, 3.8) is 0 Å². The van der Waals surface area contributed by atoms with Gasteiger partial charge in [-0.15, -0.1) is 11.6 Å². The first kappa shape index (κ1) is 8.95. The van der Waals surface area contributed by atoms with Crippen molar-refractivity contribution in [2.24, 2.45) is 5.92 Å². The Kier molecular flexibility index (Phi) is 1.97. The van der Waals surface area contributed by atoms with E-state index in [2.05, 4.69) is 0 Å². The molecular formula is C9H11ClO4. The lowest BCUT2D eigenvalue weighted by atomic mass is 9.89.